The van der Waals surface area contributed by atoms with Crippen LogP contribution in [0, 0.1) is 20.8 Å². The molecule has 4 aromatic rings. The number of nitrogens with one attached hydrogen (secondary N) is 1. The second-order valence-corrected chi connectivity index (χ2v) is 9.21. The highest BCUT2D eigenvalue weighted by molar-refractivity contribution is 7.99. The van der Waals surface area contributed by atoms with Gasteiger partial charge in [-0.1, -0.05) is 59.8 Å². The van der Waals surface area contributed by atoms with Crippen molar-refractivity contribution in [1.82, 2.24) is 15.2 Å². The maximum Gasteiger partial charge on any atom is 0.234 e. The van der Waals surface area contributed by atoms with Gasteiger partial charge in [-0.25, -0.2) is 4.98 Å². The van der Waals surface area contributed by atoms with Crippen LogP contribution in [0.1, 0.15) is 16.8 Å². The van der Waals surface area contributed by atoms with Crippen molar-refractivity contribution < 1.29 is 4.79 Å². The normalized spacial score (nSPS) is 10.8. The van der Waals surface area contributed by atoms with Crippen LogP contribution in [0.2, 0.25) is 0 Å². The summed E-state index contributed by atoms with van der Waals surface area (Å²) in [5.74, 6) is 0.215. The Morgan fingerprint density at radius 2 is 1.81 bits per heavy atom. The first-order valence-electron chi connectivity index (χ1n) is 9.86. The van der Waals surface area contributed by atoms with Gasteiger partial charge in [0.1, 0.15) is 15.7 Å². The monoisotopic (exact) mass is 446 g/mol. The van der Waals surface area contributed by atoms with Crippen molar-refractivity contribution in [3.8, 4) is 21.1 Å². The van der Waals surface area contributed by atoms with E-state index in [4.69, 9.17) is 0 Å². The van der Waals surface area contributed by atoms with Crippen molar-refractivity contribution in [1.29, 1.82) is 0 Å². The molecular formula is C24H22N4OS2. The highest BCUT2D eigenvalue weighted by Gasteiger charge is 2.13. The maximum absolute atomic E-state index is 12.3. The quantitative estimate of drug-likeness (QED) is 0.372. The molecule has 0 saturated carbocycles. The van der Waals surface area contributed by atoms with E-state index >= 15 is 0 Å². The Hall–Kier alpha value is -3.03. The lowest BCUT2D eigenvalue weighted by Crippen LogP contribution is -2.15. The van der Waals surface area contributed by atoms with Gasteiger partial charge in [0.15, 0.2) is 0 Å². The number of anilines is 1. The molecule has 2 aromatic carbocycles. The Morgan fingerprint density at radius 3 is 2.52 bits per heavy atom. The van der Waals surface area contributed by atoms with Crippen molar-refractivity contribution in [3.05, 3.63) is 77.5 Å². The zero-order chi connectivity index (χ0) is 21.8. The van der Waals surface area contributed by atoms with Gasteiger partial charge in [0.25, 0.3) is 0 Å². The summed E-state index contributed by atoms with van der Waals surface area (Å²) >= 11 is 2.98. The number of thiazole rings is 1. The minimum atomic E-state index is -0.0615. The number of carbonyl (C=O) groups is 1. The molecule has 0 atom stereocenters. The van der Waals surface area contributed by atoms with Crippen LogP contribution in [0.3, 0.4) is 0 Å². The van der Waals surface area contributed by atoms with Crippen LogP contribution >= 0.6 is 23.1 Å². The molecule has 0 radical (unpaired) electrons. The molecule has 4 rings (SSSR count). The van der Waals surface area contributed by atoms with E-state index in [2.05, 4.69) is 38.7 Å². The number of rotatable bonds is 6. The molecule has 0 spiro atoms. The molecule has 0 aliphatic carbocycles. The van der Waals surface area contributed by atoms with E-state index < -0.39 is 0 Å². The number of aromatic nitrogens is 3. The lowest BCUT2D eigenvalue weighted by molar-refractivity contribution is -0.113. The number of carbonyl (C=O) groups excluding carboxylic acids is 1. The summed E-state index contributed by atoms with van der Waals surface area (Å²) in [6.07, 6.45) is 0. The molecule has 0 aliphatic heterocycles. The van der Waals surface area contributed by atoms with Gasteiger partial charge in [-0.3, -0.25) is 4.79 Å². The third-order valence-electron chi connectivity index (χ3n) is 4.70. The van der Waals surface area contributed by atoms with Crippen LogP contribution in [0.4, 0.5) is 5.69 Å². The smallest absolute Gasteiger partial charge is 0.234 e. The Morgan fingerprint density at radius 1 is 1.00 bits per heavy atom. The lowest BCUT2D eigenvalue weighted by atomic mass is 10.1. The van der Waals surface area contributed by atoms with E-state index in [0.29, 0.717) is 5.03 Å². The number of hydrogen-bond acceptors (Lipinski definition) is 6. The van der Waals surface area contributed by atoms with E-state index in [0.717, 1.165) is 38.1 Å². The summed E-state index contributed by atoms with van der Waals surface area (Å²) in [6, 6.07) is 19.9. The predicted octanol–water partition coefficient (Wildman–Crippen LogP) is 5.92. The molecule has 0 unspecified atom stereocenters. The molecule has 0 saturated heterocycles. The zero-order valence-electron chi connectivity index (χ0n) is 17.5. The highest BCUT2D eigenvalue weighted by Crippen LogP contribution is 2.34. The van der Waals surface area contributed by atoms with Crippen LogP contribution in [0.25, 0.3) is 21.1 Å². The zero-order valence-corrected chi connectivity index (χ0v) is 19.2. The van der Waals surface area contributed by atoms with E-state index in [-0.39, 0.29) is 11.7 Å². The summed E-state index contributed by atoms with van der Waals surface area (Å²) in [6.45, 7) is 6.01. The molecule has 31 heavy (non-hydrogen) atoms. The third-order valence-corrected chi connectivity index (χ3v) is 6.85. The summed E-state index contributed by atoms with van der Waals surface area (Å²) in [5, 5.41) is 13.3. The molecule has 0 aliphatic rings. The Kier molecular flexibility index (Phi) is 6.44. The molecule has 2 aromatic heterocycles. The average molecular weight is 447 g/mol. The number of amides is 1. The lowest BCUT2D eigenvalue weighted by Gasteiger charge is -2.08. The van der Waals surface area contributed by atoms with E-state index in [9.17, 15) is 4.79 Å². The number of nitrogens with zero attached hydrogens (tertiary/aromatic N) is 3. The topological polar surface area (TPSA) is 67.8 Å². The second-order valence-electron chi connectivity index (χ2n) is 7.21. The number of aryl methyl sites for hydroxylation is 3. The number of benzene rings is 2. The first-order valence-corrected chi connectivity index (χ1v) is 11.7. The standard InChI is InChI=1S/C24H22N4OS2/c1-15-9-10-19(16(2)13-15)26-21(29)14-30-22-12-11-20(27-28-22)23-17(3)25-24(31-23)18-7-5-4-6-8-18/h4-13H,14H2,1-3H3,(H,26,29). The molecule has 0 fully saturated rings. The van der Waals surface area contributed by atoms with Gasteiger partial charge < -0.3 is 5.32 Å². The molecular weight excluding hydrogens is 424 g/mol. The van der Waals surface area contributed by atoms with E-state index in [1.807, 2.05) is 63.2 Å². The minimum absolute atomic E-state index is 0.0615. The summed E-state index contributed by atoms with van der Waals surface area (Å²) in [4.78, 5) is 18.0. The summed E-state index contributed by atoms with van der Waals surface area (Å²) < 4.78 is 0. The molecule has 5 nitrogen and oxygen atoms in total. The van der Waals surface area contributed by atoms with E-state index in [1.54, 1.807) is 11.3 Å². The van der Waals surface area contributed by atoms with Gasteiger partial charge in [-0.05, 0) is 44.5 Å². The minimum Gasteiger partial charge on any atom is -0.325 e. The van der Waals surface area contributed by atoms with Gasteiger partial charge in [0, 0.05) is 11.3 Å². The molecule has 1 amide bonds. The van der Waals surface area contributed by atoms with Gasteiger partial charge in [0.05, 0.1) is 16.3 Å². The summed E-state index contributed by atoms with van der Waals surface area (Å²) in [5.41, 5.74) is 5.89. The first-order chi connectivity index (χ1) is 15.0. The molecule has 0 bridgehead atoms. The SMILES string of the molecule is Cc1ccc(NC(=O)CSc2ccc(-c3sc(-c4ccccc4)nc3C)nn2)c(C)c1. The van der Waals surface area contributed by atoms with Crippen molar-refractivity contribution in [3.63, 3.8) is 0 Å². The third kappa shape index (κ3) is 5.18. The van der Waals surface area contributed by atoms with Gasteiger partial charge >= 0.3 is 0 Å². The van der Waals surface area contributed by atoms with Gasteiger partial charge in [-0.15, -0.1) is 21.5 Å². The number of hydrogen-bond donors (Lipinski definition) is 1. The maximum atomic E-state index is 12.3. The van der Waals surface area contributed by atoms with Crippen LogP contribution in [0.15, 0.2) is 65.7 Å². The molecule has 2 heterocycles. The summed E-state index contributed by atoms with van der Waals surface area (Å²) in [7, 11) is 0. The van der Waals surface area contributed by atoms with Crippen molar-refractivity contribution in [2.45, 2.75) is 25.8 Å². The van der Waals surface area contributed by atoms with Gasteiger partial charge in [0.2, 0.25) is 5.91 Å². The van der Waals surface area contributed by atoms with Crippen molar-refractivity contribution in [2.24, 2.45) is 0 Å². The van der Waals surface area contributed by atoms with Crippen LogP contribution in [0.5, 0.6) is 0 Å². The largest absolute Gasteiger partial charge is 0.325 e. The second kappa shape index (κ2) is 9.41. The molecule has 156 valence electrons. The molecule has 1 N–H and O–H groups in total. The van der Waals surface area contributed by atoms with Crippen molar-refractivity contribution in [2.75, 3.05) is 11.1 Å². The van der Waals surface area contributed by atoms with Crippen LogP contribution in [-0.2, 0) is 4.79 Å². The first kappa shape index (κ1) is 21.2. The highest BCUT2D eigenvalue weighted by atomic mass is 32.2. The molecule has 7 heteroatoms. The Balaban J connectivity index is 1.39. The van der Waals surface area contributed by atoms with Crippen LogP contribution < -0.4 is 5.32 Å². The average Bonchev–Trinajstić information content (AvgIpc) is 3.17. The Bertz CT molecular complexity index is 1200. The van der Waals surface area contributed by atoms with Crippen LogP contribution in [-0.4, -0.2) is 26.8 Å². The number of thioether (sulfide) groups is 1. The van der Waals surface area contributed by atoms with Crippen molar-refractivity contribution >= 4 is 34.7 Å². The fourth-order valence-electron chi connectivity index (χ4n) is 3.14. The Labute approximate surface area is 190 Å². The van der Waals surface area contributed by atoms with E-state index in [1.165, 1.54) is 17.3 Å². The van der Waals surface area contributed by atoms with Gasteiger partial charge in [-0.2, -0.15) is 0 Å². The predicted molar refractivity (Wildman–Crippen MR) is 129 cm³/mol. The fourth-order valence-corrected chi connectivity index (χ4v) is 4.79. The fraction of sp³-hybridized carbons (Fsp3) is 0.167.